The van der Waals surface area contributed by atoms with Gasteiger partial charge in [-0.2, -0.15) is 0 Å². The Bertz CT molecular complexity index is 928. The van der Waals surface area contributed by atoms with Gasteiger partial charge in [0.2, 0.25) is 0 Å². The summed E-state index contributed by atoms with van der Waals surface area (Å²) in [6.07, 6.45) is 0. The lowest BCUT2D eigenvalue weighted by Crippen LogP contribution is -2.07. The molecular weight excluding hydrogens is 359 g/mol. The van der Waals surface area contributed by atoms with Crippen molar-refractivity contribution >= 4 is 12.9 Å². The number of ether oxygens (including phenoxy) is 1. The van der Waals surface area contributed by atoms with Gasteiger partial charge in [-0.15, -0.1) is 0 Å². The number of hydrogen-bond acceptors (Lipinski definition) is 4. The molecule has 0 saturated carbocycles. The van der Waals surface area contributed by atoms with Crippen molar-refractivity contribution in [3.8, 4) is 16.9 Å². The summed E-state index contributed by atoms with van der Waals surface area (Å²) in [6.45, 7) is 2.55. The first kappa shape index (κ1) is 19.4. The van der Waals surface area contributed by atoms with Crippen molar-refractivity contribution < 1.29 is 18.3 Å². The van der Waals surface area contributed by atoms with Crippen LogP contribution in [0.2, 0.25) is 0 Å². The molecule has 27 heavy (non-hydrogen) atoms. The van der Waals surface area contributed by atoms with Crippen LogP contribution in [0.25, 0.3) is 11.1 Å². The van der Waals surface area contributed by atoms with Crippen LogP contribution in [0.1, 0.15) is 11.1 Å². The zero-order chi connectivity index (χ0) is 19.3. The Kier molecular flexibility index (Phi) is 6.12. The van der Waals surface area contributed by atoms with Crippen LogP contribution in [0.3, 0.4) is 0 Å². The van der Waals surface area contributed by atoms with E-state index in [1.54, 1.807) is 12.1 Å². The highest BCUT2D eigenvalue weighted by Gasteiger charge is 2.23. The fraction of sp³-hybridized carbons (Fsp3) is 0.182. The standard InChI is InChI=1S/C22H23O4P/c1-17-9-10-20(15-22(17)26-16-18-7-5-4-6-8-18)19-11-13-21(14-12-19)27(23,24-2)25-3/h4-15H,16H2,1-3H3. The number of aryl methyl sites for hydroxylation is 1. The second-order valence-electron chi connectivity index (χ2n) is 6.16. The first-order chi connectivity index (χ1) is 13.1. The molecule has 0 atom stereocenters. The minimum Gasteiger partial charge on any atom is -0.489 e. The molecule has 0 radical (unpaired) electrons. The van der Waals surface area contributed by atoms with Crippen molar-refractivity contribution in [2.45, 2.75) is 13.5 Å². The van der Waals surface area contributed by atoms with Gasteiger partial charge in [0.25, 0.3) is 0 Å². The van der Waals surface area contributed by atoms with Gasteiger partial charge in [-0.1, -0.05) is 54.6 Å². The summed E-state index contributed by atoms with van der Waals surface area (Å²) in [7, 11) is -0.465. The highest BCUT2D eigenvalue weighted by molar-refractivity contribution is 7.62. The second-order valence-corrected chi connectivity index (χ2v) is 8.41. The van der Waals surface area contributed by atoms with Crippen LogP contribution in [0.4, 0.5) is 0 Å². The average molecular weight is 382 g/mol. The molecule has 0 bridgehead atoms. The largest absolute Gasteiger partial charge is 0.489 e. The third-order valence-electron chi connectivity index (χ3n) is 4.42. The van der Waals surface area contributed by atoms with E-state index in [2.05, 4.69) is 0 Å². The molecule has 0 heterocycles. The normalized spacial score (nSPS) is 11.4. The maximum Gasteiger partial charge on any atom is 0.360 e. The Morgan fingerprint density at radius 3 is 2.07 bits per heavy atom. The third kappa shape index (κ3) is 4.48. The molecule has 0 saturated heterocycles. The Balaban J connectivity index is 1.82. The van der Waals surface area contributed by atoms with E-state index in [4.69, 9.17) is 13.8 Å². The monoisotopic (exact) mass is 382 g/mol. The van der Waals surface area contributed by atoms with Crippen LogP contribution in [0.15, 0.2) is 72.8 Å². The fourth-order valence-corrected chi connectivity index (χ4v) is 3.88. The molecule has 0 unspecified atom stereocenters. The van der Waals surface area contributed by atoms with Gasteiger partial charge < -0.3 is 13.8 Å². The summed E-state index contributed by atoms with van der Waals surface area (Å²) < 4.78 is 28.5. The molecular formula is C22H23O4P. The first-order valence-corrected chi connectivity index (χ1v) is 10.2. The molecule has 0 aliphatic carbocycles. The lowest BCUT2D eigenvalue weighted by molar-refractivity contribution is 0.287. The molecule has 4 nitrogen and oxygen atoms in total. The first-order valence-electron chi connectivity index (χ1n) is 8.65. The van der Waals surface area contributed by atoms with E-state index in [1.165, 1.54) is 14.2 Å². The maximum atomic E-state index is 12.5. The molecule has 0 spiro atoms. The average Bonchev–Trinajstić information content (AvgIpc) is 2.73. The van der Waals surface area contributed by atoms with Gasteiger partial charge in [-0.3, -0.25) is 4.57 Å². The molecule has 140 valence electrons. The molecule has 3 aromatic rings. The molecule has 3 aromatic carbocycles. The van der Waals surface area contributed by atoms with Crippen LogP contribution >= 0.6 is 7.60 Å². The van der Waals surface area contributed by atoms with Crippen molar-refractivity contribution in [3.63, 3.8) is 0 Å². The molecule has 3 rings (SSSR count). The van der Waals surface area contributed by atoms with E-state index >= 15 is 0 Å². The lowest BCUT2D eigenvalue weighted by Gasteiger charge is -2.14. The summed E-state index contributed by atoms with van der Waals surface area (Å²) in [5, 5.41) is 0.531. The SMILES string of the molecule is COP(=O)(OC)c1ccc(-c2ccc(C)c(OCc3ccccc3)c2)cc1. The van der Waals surface area contributed by atoms with Gasteiger partial charge >= 0.3 is 7.60 Å². The zero-order valence-corrected chi connectivity index (χ0v) is 16.6. The minimum absolute atomic E-state index is 0.523. The highest BCUT2D eigenvalue weighted by Crippen LogP contribution is 2.45. The van der Waals surface area contributed by atoms with Gasteiger partial charge in [-0.25, -0.2) is 0 Å². The van der Waals surface area contributed by atoms with Crippen molar-refractivity contribution in [1.82, 2.24) is 0 Å². The summed E-state index contributed by atoms with van der Waals surface area (Å²) in [5.74, 6) is 0.847. The molecule has 0 aliphatic rings. The minimum atomic E-state index is -3.23. The van der Waals surface area contributed by atoms with Gasteiger partial charge in [0.15, 0.2) is 0 Å². The van der Waals surface area contributed by atoms with E-state index in [0.717, 1.165) is 28.0 Å². The smallest absolute Gasteiger partial charge is 0.360 e. The Hall–Kier alpha value is -2.39. The molecule has 5 heteroatoms. The molecule has 0 N–H and O–H groups in total. The fourth-order valence-electron chi connectivity index (χ4n) is 2.79. The van der Waals surface area contributed by atoms with Gasteiger partial charge in [-0.05, 0) is 47.4 Å². The van der Waals surface area contributed by atoms with Crippen LogP contribution in [0.5, 0.6) is 5.75 Å². The summed E-state index contributed by atoms with van der Waals surface area (Å²) in [5.41, 5.74) is 4.23. The van der Waals surface area contributed by atoms with Crippen molar-refractivity contribution in [2.75, 3.05) is 14.2 Å². The number of rotatable bonds is 7. The van der Waals surface area contributed by atoms with Gasteiger partial charge in [0.05, 0.1) is 5.30 Å². The summed E-state index contributed by atoms with van der Waals surface area (Å²) >= 11 is 0. The zero-order valence-electron chi connectivity index (χ0n) is 15.7. The van der Waals surface area contributed by atoms with Gasteiger partial charge in [0, 0.05) is 14.2 Å². The predicted octanol–water partition coefficient (Wildman–Crippen LogP) is 5.35. The van der Waals surface area contributed by atoms with E-state index in [-0.39, 0.29) is 0 Å². The van der Waals surface area contributed by atoms with Crippen LogP contribution in [-0.4, -0.2) is 14.2 Å². The molecule has 0 fully saturated rings. The number of hydrogen-bond donors (Lipinski definition) is 0. The maximum absolute atomic E-state index is 12.5. The van der Waals surface area contributed by atoms with E-state index in [0.29, 0.717) is 11.9 Å². The number of benzene rings is 3. The van der Waals surface area contributed by atoms with Crippen molar-refractivity contribution in [3.05, 3.63) is 83.9 Å². The third-order valence-corrected chi connectivity index (χ3v) is 6.31. The van der Waals surface area contributed by atoms with Crippen LogP contribution in [0, 0.1) is 6.92 Å². The predicted molar refractivity (Wildman–Crippen MR) is 109 cm³/mol. The Morgan fingerprint density at radius 1 is 0.815 bits per heavy atom. The van der Waals surface area contributed by atoms with Crippen LogP contribution in [-0.2, 0) is 20.2 Å². The molecule has 0 amide bonds. The lowest BCUT2D eigenvalue weighted by atomic mass is 10.0. The quantitative estimate of drug-likeness (QED) is 0.517. The van der Waals surface area contributed by atoms with E-state index < -0.39 is 7.60 Å². The Morgan fingerprint density at radius 2 is 1.44 bits per heavy atom. The van der Waals surface area contributed by atoms with E-state index in [9.17, 15) is 4.57 Å². The van der Waals surface area contributed by atoms with Crippen molar-refractivity contribution in [1.29, 1.82) is 0 Å². The summed E-state index contributed by atoms with van der Waals surface area (Å²) in [6, 6.07) is 23.6. The second kappa shape index (κ2) is 8.53. The van der Waals surface area contributed by atoms with Crippen LogP contribution < -0.4 is 10.0 Å². The van der Waals surface area contributed by atoms with Gasteiger partial charge in [0.1, 0.15) is 12.4 Å². The van der Waals surface area contributed by atoms with Crippen molar-refractivity contribution in [2.24, 2.45) is 0 Å². The Labute approximate surface area is 160 Å². The summed E-state index contributed by atoms with van der Waals surface area (Å²) in [4.78, 5) is 0. The molecule has 0 aromatic heterocycles. The highest BCUT2D eigenvalue weighted by atomic mass is 31.2. The van der Waals surface area contributed by atoms with E-state index in [1.807, 2.05) is 67.6 Å². The molecule has 0 aliphatic heterocycles. The topological polar surface area (TPSA) is 44.8 Å².